The Hall–Kier alpha value is -0.610. The molecular weight excluding hydrogens is 133 g/mol. The van der Waals surface area contributed by atoms with Crippen molar-refractivity contribution in [2.75, 3.05) is 6.54 Å². The lowest BCUT2D eigenvalue weighted by molar-refractivity contribution is -0.134. The van der Waals surface area contributed by atoms with Gasteiger partial charge in [0.05, 0.1) is 6.54 Å². The number of carbonyl (C=O) groups is 2. The molecule has 0 unspecified atom stereocenters. The zero-order valence-corrected chi connectivity index (χ0v) is 4.64. The first-order valence-corrected chi connectivity index (χ1v) is 2.15. The van der Waals surface area contributed by atoms with Gasteiger partial charge in [0.1, 0.15) is 0 Å². The van der Waals surface area contributed by atoms with Crippen molar-refractivity contribution in [2.45, 2.75) is 0 Å². The molecule has 0 saturated heterocycles. The number of carbonyl (C=O) groups excluding carboxylic acids is 2. The van der Waals surface area contributed by atoms with E-state index in [-0.39, 0.29) is 6.54 Å². The van der Waals surface area contributed by atoms with E-state index in [1.165, 1.54) is 0 Å². The maximum absolute atomic E-state index is 9.97. The van der Waals surface area contributed by atoms with Crippen LogP contribution in [0.1, 0.15) is 0 Å². The predicted octanol–water partition coefficient (Wildman–Crippen LogP) is -0.153. The fourth-order valence-electron chi connectivity index (χ4n) is 0.131. The Balaban J connectivity index is 3.40. The lowest BCUT2D eigenvalue weighted by Crippen LogP contribution is -2.17. The third kappa shape index (κ3) is 3.58. The van der Waals surface area contributed by atoms with Gasteiger partial charge in [0.2, 0.25) is 0 Å². The minimum absolute atomic E-state index is 0.335. The summed E-state index contributed by atoms with van der Waals surface area (Å²) in [6.07, 6.45) is 0. The SMILES string of the molecule is NCC(=O)OC(=O)Cl. The van der Waals surface area contributed by atoms with Crippen LogP contribution < -0.4 is 5.73 Å². The highest BCUT2D eigenvalue weighted by atomic mass is 35.5. The summed E-state index contributed by atoms with van der Waals surface area (Å²) >= 11 is 4.61. The summed E-state index contributed by atoms with van der Waals surface area (Å²) < 4.78 is 3.76. The summed E-state index contributed by atoms with van der Waals surface area (Å²) in [5.74, 6) is -0.829. The summed E-state index contributed by atoms with van der Waals surface area (Å²) in [6, 6.07) is 0. The first kappa shape index (κ1) is 7.39. The molecule has 0 aromatic heterocycles. The molecule has 0 amide bonds. The smallest absolute Gasteiger partial charge is 0.380 e. The highest BCUT2D eigenvalue weighted by molar-refractivity contribution is 6.61. The molecule has 46 valence electrons. The van der Waals surface area contributed by atoms with Crippen molar-refractivity contribution in [3.8, 4) is 0 Å². The Morgan fingerprint density at radius 2 is 2.12 bits per heavy atom. The van der Waals surface area contributed by atoms with Gasteiger partial charge < -0.3 is 10.5 Å². The van der Waals surface area contributed by atoms with E-state index in [9.17, 15) is 9.59 Å². The first-order valence-electron chi connectivity index (χ1n) is 1.77. The van der Waals surface area contributed by atoms with E-state index in [0.717, 1.165) is 0 Å². The average molecular weight is 138 g/mol. The molecule has 0 heterocycles. The number of hydrogen-bond donors (Lipinski definition) is 1. The van der Waals surface area contributed by atoms with Crippen molar-refractivity contribution >= 4 is 23.0 Å². The molecule has 8 heavy (non-hydrogen) atoms. The van der Waals surface area contributed by atoms with Crippen LogP contribution in [-0.4, -0.2) is 17.9 Å². The van der Waals surface area contributed by atoms with Crippen LogP contribution in [0.25, 0.3) is 0 Å². The molecule has 0 rings (SSSR count). The maximum Gasteiger partial charge on any atom is 0.411 e. The molecular formula is C3H4ClNO3. The van der Waals surface area contributed by atoms with Crippen LogP contribution in [0.5, 0.6) is 0 Å². The van der Waals surface area contributed by atoms with Crippen molar-refractivity contribution in [3.05, 3.63) is 0 Å². The molecule has 0 bridgehead atoms. The quantitative estimate of drug-likeness (QED) is 0.310. The van der Waals surface area contributed by atoms with Crippen LogP contribution in [0.2, 0.25) is 0 Å². The highest BCUT2D eigenvalue weighted by Gasteiger charge is 2.02. The van der Waals surface area contributed by atoms with E-state index in [0.29, 0.717) is 0 Å². The van der Waals surface area contributed by atoms with Crippen LogP contribution in [0.3, 0.4) is 0 Å². The third-order valence-electron chi connectivity index (χ3n) is 0.361. The van der Waals surface area contributed by atoms with Gasteiger partial charge in [-0.1, -0.05) is 0 Å². The fraction of sp³-hybridized carbons (Fsp3) is 0.333. The molecule has 2 N–H and O–H groups in total. The second-order valence-electron chi connectivity index (χ2n) is 0.916. The molecule has 0 radical (unpaired) electrons. The van der Waals surface area contributed by atoms with Crippen molar-refractivity contribution in [1.29, 1.82) is 0 Å². The number of hydrogen-bond acceptors (Lipinski definition) is 4. The number of esters is 1. The number of halogens is 1. The normalized spacial score (nSPS) is 8.25. The number of ether oxygens (including phenoxy) is 1. The Labute approximate surface area is 50.5 Å². The zero-order chi connectivity index (χ0) is 6.57. The number of rotatable bonds is 1. The van der Waals surface area contributed by atoms with E-state index in [1.807, 2.05) is 0 Å². The fourth-order valence-corrected chi connectivity index (χ4v) is 0.217. The standard InChI is InChI=1S/C3H4ClNO3/c4-3(7)8-2(6)1-5/h1,5H2. The maximum atomic E-state index is 9.97. The first-order chi connectivity index (χ1) is 3.66. The van der Waals surface area contributed by atoms with E-state index in [4.69, 9.17) is 5.73 Å². The molecule has 4 nitrogen and oxygen atoms in total. The van der Waals surface area contributed by atoms with E-state index in [1.54, 1.807) is 0 Å². The van der Waals surface area contributed by atoms with Crippen molar-refractivity contribution in [2.24, 2.45) is 5.73 Å². The molecule has 0 spiro atoms. The Bertz CT molecular complexity index is 113. The average Bonchev–Trinajstić information content (AvgIpc) is 1.65. The van der Waals surface area contributed by atoms with E-state index < -0.39 is 11.4 Å². The van der Waals surface area contributed by atoms with Gasteiger partial charge in [0.15, 0.2) is 0 Å². The molecule has 0 aromatic rings. The third-order valence-corrected chi connectivity index (χ3v) is 0.438. The Morgan fingerprint density at radius 1 is 1.62 bits per heavy atom. The van der Waals surface area contributed by atoms with Crippen molar-refractivity contribution < 1.29 is 14.3 Å². The molecule has 5 heteroatoms. The van der Waals surface area contributed by atoms with E-state index in [2.05, 4.69) is 16.3 Å². The predicted molar refractivity (Wildman–Crippen MR) is 26.4 cm³/mol. The summed E-state index contributed by atoms with van der Waals surface area (Å²) in [7, 11) is 0. The molecule has 0 atom stereocenters. The Morgan fingerprint density at radius 3 is 2.25 bits per heavy atom. The lowest BCUT2D eigenvalue weighted by Gasteiger charge is -1.90. The van der Waals surface area contributed by atoms with Crippen LogP contribution in [0.4, 0.5) is 4.79 Å². The lowest BCUT2D eigenvalue weighted by atomic mass is 10.7. The van der Waals surface area contributed by atoms with Gasteiger partial charge in [0.25, 0.3) is 0 Å². The van der Waals surface area contributed by atoms with Gasteiger partial charge in [-0.25, -0.2) is 4.79 Å². The van der Waals surface area contributed by atoms with Gasteiger partial charge in [-0.3, -0.25) is 4.79 Å². The second-order valence-corrected chi connectivity index (χ2v) is 1.22. The summed E-state index contributed by atoms with van der Waals surface area (Å²) in [4.78, 5) is 19.6. The summed E-state index contributed by atoms with van der Waals surface area (Å²) in [5, 5.41) is 0. The molecule has 0 aliphatic carbocycles. The molecule has 0 fully saturated rings. The van der Waals surface area contributed by atoms with Crippen LogP contribution in [0, 0.1) is 0 Å². The number of nitrogens with two attached hydrogens (primary N) is 1. The van der Waals surface area contributed by atoms with E-state index >= 15 is 0 Å². The topological polar surface area (TPSA) is 69.4 Å². The van der Waals surface area contributed by atoms with Gasteiger partial charge in [-0.2, -0.15) is 0 Å². The van der Waals surface area contributed by atoms with Gasteiger partial charge in [0, 0.05) is 11.6 Å². The van der Waals surface area contributed by atoms with Crippen LogP contribution >= 0.6 is 11.6 Å². The van der Waals surface area contributed by atoms with Crippen molar-refractivity contribution in [3.63, 3.8) is 0 Å². The molecule has 0 saturated carbocycles. The summed E-state index contributed by atoms with van der Waals surface area (Å²) in [6.45, 7) is -0.335. The Kier molecular flexibility index (Phi) is 3.14. The summed E-state index contributed by atoms with van der Waals surface area (Å²) in [5.41, 5.74) is 3.58. The molecule has 0 aliphatic rings. The van der Waals surface area contributed by atoms with Gasteiger partial charge >= 0.3 is 11.4 Å². The highest BCUT2D eigenvalue weighted by Crippen LogP contribution is 1.85. The molecule has 0 aliphatic heterocycles. The van der Waals surface area contributed by atoms with Crippen molar-refractivity contribution in [1.82, 2.24) is 0 Å². The van der Waals surface area contributed by atoms with Gasteiger partial charge in [-0.05, 0) is 0 Å². The minimum atomic E-state index is -1.15. The largest absolute Gasteiger partial charge is 0.411 e. The van der Waals surface area contributed by atoms with Crippen LogP contribution in [0.15, 0.2) is 0 Å². The minimum Gasteiger partial charge on any atom is -0.380 e. The monoisotopic (exact) mass is 137 g/mol. The van der Waals surface area contributed by atoms with Gasteiger partial charge in [-0.15, -0.1) is 0 Å². The van der Waals surface area contributed by atoms with Crippen LogP contribution in [-0.2, 0) is 9.53 Å². The molecule has 0 aromatic carbocycles. The second kappa shape index (κ2) is 3.40. The zero-order valence-electron chi connectivity index (χ0n) is 3.89.